The van der Waals surface area contributed by atoms with Crippen LogP contribution in [0.2, 0.25) is 0 Å². The van der Waals surface area contributed by atoms with E-state index in [1.165, 1.54) is 0 Å². The molecule has 4 nitrogen and oxygen atoms in total. The van der Waals surface area contributed by atoms with Crippen LogP contribution in [0.5, 0.6) is 0 Å². The molecular weight excluding hydrogens is 214 g/mol. The highest BCUT2D eigenvalue weighted by Gasteiger charge is 2.00. The van der Waals surface area contributed by atoms with E-state index in [2.05, 4.69) is 5.32 Å². The van der Waals surface area contributed by atoms with E-state index in [0.717, 1.165) is 24.4 Å². The van der Waals surface area contributed by atoms with Gasteiger partial charge in [-0.15, -0.1) is 0 Å². The van der Waals surface area contributed by atoms with Gasteiger partial charge in [0.15, 0.2) is 0 Å². The van der Waals surface area contributed by atoms with Gasteiger partial charge in [0.1, 0.15) is 11.8 Å². The number of nitrogens with two attached hydrogens (primary N) is 1. The molecule has 86 valence electrons. The standard InChI is InChI=1S/C13H13N3O/c14-9-10-3-4-11(8-13(10)15)16-6-5-12-2-1-7-17-12/h1-4,7-8,16H,5-6,15H2. The highest BCUT2D eigenvalue weighted by Crippen LogP contribution is 2.17. The lowest BCUT2D eigenvalue weighted by Crippen LogP contribution is -2.05. The van der Waals surface area contributed by atoms with E-state index in [0.29, 0.717) is 11.3 Å². The van der Waals surface area contributed by atoms with Crippen molar-refractivity contribution in [2.24, 2.45) is 0 Å². The van der Waals surface area contributed by atoms with Crippen molar-refractivity contribution in [3.63, 3.8) is 0 Å². The molecule has 0 radical (unpaired) electrons. The van der Waals surface area contributed by atoms with E-state index in [-0.39, 0.29) is 0 Å². The Kier molecular flexibility index (Phi) is 3.31. The molecule has 0 saturated heterocycles. The van der Waals surface area contributed by atoms with E-state index in [9.17, 15) is 0 Å². The van der Waals surface area contributed by atoms with Gasteiger partial charge in [-0.25, -0.2) is 0 Å². The number of nitriles is 1. The molecule has 0 saturated carbocycles. The first-order valence-electron chi connectivity index (χ1n) is 5.35. The smallest absolute Gasteiger partial charge is 0.105 e. The van der Waals surface area contributed by atoms with Crippen molar-refractivity contribution >= 4 is 11.4 Å². The molecule has 0 aliphatic heterocycles. The van der Waals surface area contributed by atoms with Gasteiger partial charge in [-0.1, -0.05) is 0 Å². The highest BCUT2D eigenvalue weighted by molar-refractivity contribution is 5.62. The third-order valence-corrected chi connectivity index (χ3v) is 2.45. The van der Waals surface area contributed by atoms with Crippen LogP contribution in [0, 0.1) is 11.3 Å². The van der Waals surface area contributed by atoms with Crippen molar-refractivity contribution in [1.82, 2.24) is 0 Å². The number of rotatable bonds is 4. The molecule has 0 bridgehead atoms. The molecule has 0 aliphatic carbocycles. The van der Waals surface area contributed by atoms with Gasteiger partial charge in [-0.3, -0.25) is 0 Å². The van der Waals surface area contributed by atoms with E-state index >= 15 is 0 Å². The Hall–Kier alpha value is -2.41. The lowest BCUT2D eigenvalue weighted by atomic mass is 10.2. The second kappa shape index (κ2) is 5.08. The zero-order valence-electron chi connectivity index (χ0n) is 9.31. The lowest BCUT2D eigenvalue weighted by Gasteiger charge is -2.06. The van der Waals surface area contributed by atoms with Crippen LogP contribution in [0.3, 0.4) is 0 Å². The Balaban J connectivity index is 1.91. The first-order valence-corrected chi connectivity index (χ1v) is 5.35. The van der Waals surface area contributed by atoms with Crippen molar-refractivity contribution in [3.05, 3.63) is 47.9 Å². The molecule has 1 aromatic heterocycles. The molecule has 4 heteroatoms. The summed E-state index contributed by atoms with van der Waals surface area (Å²) in [5.74, 6) is 0.944. The molecule has 1 aromatic carbocycles. The number of nitrogens with zero attached hydrogens (tertiary/aromatic N) is 1. The Morgan fingerprint density at radius 3 is 2.88 bits per heavy atom. The van der Waals surface area contributed by atoms with Crippen LogP contribution in [-0.2, 0) is 6.42 Å². The monoisotopic (exact) mass is 227 g/mol. The average Bonchev–Trinajstić information content (AvgIpc) is 2.82. The Labute approximate surface area is 99.7 Å². The third kappa shape index (κ3) is 2.79. The molecule has 1 heterocycles. The van der Waals surface area contributed by atoms with Gasteiger partial charge in [0.05, 0.1) is 17.5 Å². The van der Waals surface area contributed by atoms with Crippen LogP contribution in [0.1, 0.15) is 11.3 Å². The quantitative estimate of drug-likeness (QED) is 0.786. The maximum absolute atomic E-state index is 8.75. The first kappa shape index (κ1) is 11.1. The van der Waals surface area contributed by atoms with Crippen LogP contribution >= 0.6 is 0 Å². The van der Waals surface area contributed by atoms with Crippen LogP contribution < -0.4 is 11.1 Å². The fourth-order valence-corrected chi connectivity index (χ4v) is 1.56. The Morgan fingerprint density at radius 2 is 2.24 bits per heavy atom. The van der Waals surface area contributed by atoms with Gasteiger partial charge in [0, 0.05) is 18.7 Å². The zero-order chi connectivity index (χ0) is 12.1. The Bertz CT molecular complexity index is 526. The second-order valence-electron chi connectivity index (χ2n) is 3.67. The van der Waals surface area contributed by atoms with Gasteiger partial charge in [0.25, 0.3) is 0 Å². The number of furan rings is 1. The summed E-state index contributed by atoms with van der Waals surface area (Å²) in [7, 11) is 0. The van der Waals surface area contributed by atoms with Gasteiger partial charge in [-0.05, 0) is 30.3 Å². The van der Waals surface area contributed by atoms with E-state index in [1.807, 2.05) is 24.3 Å². The minimum absolute atomic E-state index is 0.496. The van der Waals surface area contributed by atoms with E-state index in [4.69, 9.17) is 15.4 Å². The predicted octanol–water partition coefficient (Wildman–Crippen LogP) is 2.39. The normalized spacial score (nSPS) is 9.82. The summed E-state index contributed by atoms with van der Waals surface area (Å²) < 4.78 is 5.22. The van der Waals surface area contributed by atoms with Crippen molar-refractivity contribution in [3.8, 4) is 6.07 Å². The van der Waals surface area contributed by atoms with E-state index < -0.39 is 0 Å². The molecule has 0 fully saturated rings. The lowest BCUT2D eigenvalue weighted by molar-refractivity contribution is 0.513. The predicted molar refractivity (Wildman–Crippen MR) is 66.5 cm³/mol. The van der Waals surface area contributed by atoms with Gasteiger partial charge in [-0.2, -0.15) is 5.26 Å². The Morgan fingerprint density at radius 1 is 1.35 bits per heavy atom. The summed E-state index contributed by atoms with van der Waals surface area (Å²) in [6, 6.07) is 11.2. The molecule has 0 unspecified atom stereocenters. The highest BCUT2D eigenvalue weighted by atomic mass is 16.3. The summed E-state index contributed by atoms with van der Waals surface area (Å²) in [5, 5.41) is 12.0. The number of benzene rings is 1. The second-order valence-corrected chi connectivity index (χ2v) is 3.67. The largest absolute Gasteiger partial charge is 0.469 e. The fourth-order valence-electron chi connectivity index (χ4n) is 1.56. The summed E-state index contributed by atoms with van der Waals surface area (Å²) >= 11 is 0. The summed E-state index contributed by atoms with van der Waals surface area (Å²) in [6.45, 7) is 0.763. The molecule has 0 aliphatic rings. The van der Waals surface area contributed by atoms with Crippen LogP contribution in [0.25, 0.3) is 0 Å². The molecule has 0 spiro atoms. The van der Waals surface area contributed by atoms with Crippen molar-refractivity contribution in [2.45, 2.75) is 6.42 Å². The molecular formula is C13H13N3O. The van der Waals surface area contributed by atoms with Crippen molar-refractivity contribution in [1.29, 1.82) is 5.26 Å². The van der Waals surface area contributed by atoms with Crippen LogP contribution in [-0.4, -0.2) is 6.54 Å². The maximum atomic E-state index is 8.75. The van der Waals surface area contributed by atoms with Crippen molar-refractivity contribution < 1.29 is 4.42 Å². The minimum Gasteiger partial charge on any atom is -0.469 e. The van der Waals surface area contributed by atoms with E-state index in [1.54, 1.807) is 18.4 Å². The average molecular weight is 227 g/mol. The zero-order valence-corrected chi connectivity index (χ0v) is 9.31. The molecule has 2 aromatic rings. The SMILES string of the molecule is N#Cc1ccc(NCCc2ccco2)cc1N. The van der Waals surface area contributed by atoms with Gasteiger partial charge < -0.3 is 15.5 Å². The molecule has 17 heavy (non-hydrogen) atoms. The summed E-state index contributed by atoms with van der Waals surface area (Å²) in [6.07, 6.45) is 2.47. The number of anilines is 2. The topological polar surface area (TPSA) is 75.0 Å². The molecule has 0 atom stereocenters. The number of nitrogens with one attached hydrogen (secondary N) is 1. The minimum atomic E-state index is 0.496. The first-order chi connectivity index (χ1) is 8.29. The van der Waals surface area contributed by atoms with Gasteiger partial charge >= 0.3 is 0 Å². The van der Waals surface area contributed by atoms with Gasteiger partial charge in [0.2, 0.25) is 0 Å². The molecule has 2 rings (SSSR count). The number of nitrogen functional groups attached to an aromatic ring is 1. The van der Waals surface area contributed by atoms with Crippen LogP contribution in [0.15, 0.2) is 41.0 Å². The molecule has 3 N–H and O–H groups in total. The number of hydrogen-bond donors (Lipinski definition) is 2. The third-order valence-electron chi connectivity index (χ3n) is 2.45. The molecule has 0 amide bonds. The fraction of sp³-hybridized carbons (Fsp3) is 0.154. The summed E-state index contributed by atoms with van der Waals surface area (Å²) in [5.41, 5.74) is 7.62. The number of hydrogen-bond acceptors (Lipinski definition) is 4. The maximum Gasteiger partial charge on any atom is 0.105 e. The van der Waals surface area contributed by atoms with Crippen molar-refractivity contribution in [2.75, 3.05) is 17.6 Å². The van der Waals surface area contributed by atoms with Crippen LogP contribution in [0.4, 0.5) is 11.4 Å². The summed E-state index contributed by atoms with van der Waals surface area (Å²) in [4.78, 5) is 0.